The van der Waals surface area contributed by atoms with E-state index in [1.165, 1.54) is 35.4 Å². The van der Waals surface area contributed by atoms with Crippen LogP contribution in [-0.4, -0.2) is 74.6 Å². The lowest BCUT2D eigenvalue weighted by Crippen LogP contribution is -2.71. The van der Waals surface area contributed by atoms with Crippen molar-refractivity contribution in [3.05, 3.63) is 64.8 Å². The SMILES string of the molecule is C=CC1=C(C(=O)O)N2C(=O)C(NC(=O)C(=NOC(C)=O)c3csc(N)n3)[C@H]2SC1.Cc1ccc(S(=O)(=O)O)cc1. The van der Waals surface area contributed by atoms with E-state index in [-0.39, 0.29) is 27.1 Å². The maximum Gasteiger partial charge on any atom is 0.352 e. The lowest BCUT2D eigenvalue weighted by Gasteiger charge is -2.49. The van der Waals surface area contributed by atoms with E-state index in [1.807, 2.05) is 6.92 Å². The highest BCUT2D eigenvalue weighted by Gasteiger charge is 2.54. The number of amides is 2. The number of thiazole rings is 1. The number of hydrogen-bond donors (Lipinski definition) is 4. The number of fused-ring (bicyclic) bond motifs is 1. The van der Waals surface area contributed by atoms with Crippen molar-refractivity contribution in [2.45, 2.75) is 30.2 Å². The first-order chi connectivity index (χ1) is 18.7. The second-order valence-electron chi connectivity index (χ2n) is 8.13. The molecule has 1 unspecified atom stereocenters. The van der Waals surface area contributed by atoms with Gasteiger partial charge in [-0.25, -0.2) is 14.6 Å². The minimum absolute atomic E-state index is 0.0666. The Bertz CT molecular complexity index is 1530. The first-order valence-electron chi connectivity index (χ1n) is 11.1. The average molecular weight is 610 g/mol. The van der Waals surface area contributed by atoms with E-state index in [0.29, 0.717) is 11.3 Å². The van der Waals surface area contributed by atoms with Gasteiger partial charge in [0.2, 0.25) is 0 Å². The molecule has 2 atom stereocenters. The molecule has 0 bridgehead atoms. The number of carboxylic acids is 1. The lowest BCUT2D eigenvalue weighted by atomic mass is 10.0. The van der Waals surface area contributed by atoms with Crippen LogP contribution in [0.1, 0.15) is 18.2 Å². The predicted octanol–water partition coefficient (Wildman–Crippen LogP) is 1.16. The molecule has 0 spiro atoms. The number of aliphatic carboxylic acids is 1. The molecule has 1 aromatic carbocycles. The third-order valence-corrected chi connectivity index (χ3v) is 8.14. The number of nitrogens with zero attached hydrogens (tertiary/aromatic N) is 3. The van der Waals surface area contributed by atoms with Crippen molar-refractivity contribution in [2.24, 2.45) is 5.16 Å². The normalized spacial score (nSPS) is 18.5. The third kappa shape index (κ3) is 6.92. The van der Waals surface area contributed by atoms with Crippen molar-refractivity contribution in [2.75, 3.05) is 11.5 Å². The summed E-state index contributed by atoms with van der Waals surface area (Å²) in [6.07, 6.45) is 1.39. The van der Waals surface area contributed by atoms with E-state index in [9.17, 15) is 32.7 Å². The van der Waals surface area contributed by atoms with E-state index in [0.717, 1.165) is 28.7 Å². The Hall–Kier alpha value is -4.06. The van der Waals surface area contributed by atoms with E-state index in [1.54, 1.807) is 12.1 Å². The summed E-state index contributed by atoms with van der Waals surface area (Å²) < 4.78 is 29.6. The topological polar surface area (TPSA) is 219 Å². The number of thioether (sulfide) groups is 1. The van der Waals surface area contributed by atoms with E-state index in [4.69, 9.17) is 10.3 Å². The zero-order chi connectivity index (χ0) is 29.8. The van der Waals surface area contributed by atoms with Crippen LogP contribution >= 0.6 is 23.1 Å². The molecule has 14 nitrogen and oxygen atoms in total. The Labute approximate surface area is 236 Å². The van der Waals surface area contributed by atoms with E-state index in [2.05, 4.69) is 26.9 Å². The molecule has 40 heavy (non-hydrogen) atoms. The van der Waals surface area contributed by atoms with Gasteiger partial charge in [-0.1, -0.05) is 35.5 Å². The molecule has 2 aliphatic heterocycles. The van der Waals surface area contributed by atoms with Crippen LogP contribution in [0.5, 0.6) is 0 Å². The van der Waals surface area contributed by atoms with Gasteiger partial charge in [0.15, 0.2) is 10.8 Å². The molecule has 0 saturated carbocycles. The molecular formula is C23H23N5O9S3. The van der Waals surface area contributed by atoms with Gasteiger partial charge in [0, 0.05) is 18.1 Å². The van der Waals surface area contributed by atoms with Crippen LogP contribution in [0.2, 0.25) is 0 Å². The average Bonchev–Trinajstić information content (AvgIpc) is 3.31. The molecular weight excluding hydrogens is 586 g/mol. The fourth-order valence-corrected chi connectivity index (χ4v) is 5.80. The second kappa shape index (κ2) is 12.4. The number of carbonyl (C=O) groups excluding carboxylic acids is 3. The molecule has 4 rings (SSSR count). The fourth-order valence-electron chi connectivity index (χ4n) is 3.43. The van der Waals surface area contributed by atoms with Crippen molar-refractivity contribution < 1.29 is 42.1 Å². The summed E-state index contributed by atoms with van der Waals surface area (Å²) in [5.41, 5.74) is 6.54. The molecule has 5 N–H and O–H groups in total. The number of oxime groups is 1. The van der Waals surface area contributed by atoms with Gasteiger partial charge in [-0.3, -0.25) is 19.0 Å². The van der Waals surface area contributed by atoms with Crippen LogP contribution in [0.3, 0.4) is 0 Å². The number of carboxylic acid groups (broad SMARTS) is 1. The number of anilines is 1. The maximum absolute atomic E-state index is 12.7. The Morgan fingerprint density at radius 3 is 2.45 bits per heavy atom. The van der Waals surface area contributed by atoms with Crippen molar-refractivity contribution in [1.29, 1.82) is 0 Å². The van der Waals surface area contributed by atoms with Crippen LogP contribution in [0, 0.1) is 6.92 Å². The maximum atomic E-state index is 12.7. The van der Waals surface area contributed by atoms with Crippen LogP contribution in [0.4, 0.5) is 5.13 Å². The number of allylic oxidation sites excluding steroid dienone is 1. The van der Waals surface area contributed by atoms with Gasteiger partial charge >= 0.3 is 11.9 Å². The number of hydrogen-bond acceptors (Lipinski definition) is 12. The zero-order valence-corrected chi connectivity index (χ0v) is 23.4. The molecule has 2 aliphatic rings. The first kappa shape index (κ1) is 30.5. The number of nitrogen functional groups attached to an aromatic ring is 1. The standard InChI is InChI=1S/C16H15N5O6S2.C7H8O3S/c1-3-7-4-28-14-10(13(24)21(14)11(7)15(25)26)19-12(23)9(20-27-6(2)22)8-5-29-16(17)18-8;1-6-2-4-7(5-3-6)11(8,9)10/h3,5,10,14H,1,4H2,2H3,(H2,17,18)(H,19,23)(H,25,26);2-5H,1H3,(H,8,9,10)/t10?,14-;/m1./s1. The highest BCUT2D eigenvalue weighted by Crippen LogP contribution is 2.40. The number of carbonyl (C=O) groups is 4. The quantitative estimate of drug-likeness (QED) is 0.114. The fraction of sp³-hybridized carbons (Fsp3) is 0.217. The molecule has 1 fully saturated rings. The van der Waals surface area contributed by atoms with Gasteiger partial charge in [-0.2, -0.15) is 8.42 Å². The van der Waals surface area contributed by atoms with Gasteiger partial charge in [-0.15, -0.1) is 23.1 Å². The summed E-state index contributed by atoms with van der Waals surface area (Å²) in [6, 6.07) is 5.01. The largest absolute Gasteiger partial charge is 0.477 e. The van der Waals surface area contributed by atoms with Crippen LogP contribution in [-0.2, 0) is 34.1 Å². The number of β-lactam (4-membered cyclic amide) rings is 1. The Kier molecular flexibility index (Phi) is 9.46. The van der Waals surface area contributed by atoms with Crippen molar-refractivity contribution in [1.82, 2.24) is 15.2 Å². The summed E-state index contributed by atoms with van der Waals surface area (Å²) in [6.45, 7) is 6.52. The monoisotopic (exact) mass is 609 g/mol. The summed E-state index contributed by atoms with van der Waals surface area (Å²) in [4.78, 5) is 57.4. The third-order valence-electron chi connectivity index (χ3n) is 5.30. The number of aromatic nitrogens is 1. The summed E-state index contributed by atoms with van der Waals surface area (Å²) >= 11 is 2.34. The van der Waals surface area contributed by atoms with Gasteiger partial charge in [0.05, 0.1) is 4.90 Å². The van der Waals surface area contributed by atoms with E-state index >= 15 is 0 Å². The van der Waals surface area contributed by atoms with Gasteiger partial charge in [-0.05, 0) is 24.6 Å². The summed E-state index contributed by atoms with van der Waals surface area (Å²) in [7, 11) is -4.02. The van der Waals surface area contributed by atoms with E-state index < -0.39 is 45.3 Å². The Balaban J connectivity index is 0.000000336. The van der Waals surface area contributed by atoms with Crippen molar-refractivity contribution in [3.8, 4) is 0 Å². The molecule has 3 heterocycles. The molecule has 2 aromatic rings. The highest BCUT2D eigenvalue weighted by atomic mass is 32.2. The first-order valence-corrected chi connectivity index (χ1v) is 14.5. The number of nitrogens with two attached hydrogens (primary N) is 1. The zero-order valence-electron chi connectivity index (χ0n) is 20.9. The van der Waals surface area contributed by atoms with Crippen LogP contribution in [0.25, 0.3) is 0 Å². The van der Waals surface area contributed by atoms with Crippen molar-refractivity contribution >= 4 is 67.8 Å². The number of rotatable bonds is 7. The summed E-state index contributed by atoms with van der Waals surface area (Å²) in [5.74, 6) is -3.08. The number of aryl methyl sites for hydroxylation is 1. The minimum Gasteiger partial charge on any atom is -0.477 e. The molecule has 1 saturated heterocycles. The Morgan fingerprint density at radius 1 is 1.30 bits per heavy atom. The van der Waals surface area contributed by atoms with Gasteiger partial charge in [0.25, 0.3) is 21.9 Å². The molecule has 2 amide bonds. The highest BCUT2D eigenvalue weighted by molar-refractivity contribution is 8.00. The molecule has 212 valence electrons. The minimum atomic E-state index is -4.02. The van der Waals surface area contributed by atoms with Gasteiger partial charge < -0.3 is 21.0 Å². The molecule has 17 heteroatoms. The smallest absolute Gasteiger partial charge is 0.352 e. The Morgan fingerprint density at radius 2 is 1.95 bits per heavy atom. The molecule has 1 aromatic heterocycles. The lowest BCUT2D eigenvalue weighted by molar-refractivity contribution is -0.150. The second-order valence-corrected chi connectivity index (χ2v) is 11.5. The van der Waals surface area contributed by atoms with Gasteiger partial charge in [0.1, 0.15) is 22.8 Å². The van der Waals surface area contributed by atoms with Crippen molar-refractivity contribution in [3.63, 3.8) is 0 Å². The van der Waals surface area contributed by atoms with Crippen LogP contribution in [0.15, 0.2) is 63.6 Å². The predicted molar refractivity (Wildman–Crippen MR) is 146 cm³/mol. The summed E-state index contributed by atoms with van der Waals surface area (Å²) in [5, 5.41) is 16.5. The molecule has 0 aliphatic carbocycles. The van der Waals surface area contributed by atoms with Crippen LogP contribution < -0.4 is 11.1 Å². The number of benzene rings is 1. The molecule has 0 radical (unpaired) electrons. The number of nitrogens with one attached hydrogen (secondary N) is 1.